The first-order valence-electron chi connectivity index (χ1n) is 13.6. The number of nitriles is 1. The van der Waals surface area contributed by atoms with Crippen LogP contribution in [0.15, 0.2) is 73.1 Å². The summed E-state index contributed by atoms with van der Waals surface area (Å²) in [6, 6.07) is 15.4. The van der Waals surface area contributed by atoms with Crippen molar-refractivity contribution in [3.8, 4) is 17.6 Å². The second-order valence-electron chi connectivity index (χ2n) is 9.07. The van der Waals surface area contributed by atoms with Crippen molar-refractivity contribution in [2.75, 3.05) is 32.6 Å². The highest BCUT2D eigenvalue weighted by Crippen LogP contribution is 2.36. The van der Waals surface area contributed by atoms with E-state index < -0.39 is 6.56 Å². The van der Waals surface area contributed by atoms with Crippen LogP contribution in [0, 0.1) is 11.3 Å². The molecule has 2 heterocycles. The van der Waals surface area contributed by atoms with E-state index in [1.54, 1.807) is 36.4 Å². The second-order valence-corrected chi connectivity index (χ2v) is 9.47. The SMILES string of the molecule is [2H]C([2H])(Oc1ccc(Nc2c(C#N)cnc3cc(OCC)c(CC(=O)/C=C/CN(C)C)cc23)cc1Cl)c1ccccn1. The highest BCUT2D eigenvalue weighted by Gasteiger charge is 2.16. The summed E-state index contributed by atoms with van der Waals surface area (Å²) in [7, 11) is 3.85. The minimum atomic E-state index is -2.21. The summed E-state index contributed by atoms with van der Waals surface area (Å²) in [6.07, 6.45) is 6.44. The molecule has 4 aromatic rings. The number of hydrogen-bond acceptors (Lipinski definition) is 8. The monoisotopic (exact) mass is 557 g/mol. The number of pyridine rings is 2. The fraction of sp³-hybridized carbons (Fsp3) is 0.226. The molecular weight excluding hydrogens is 526 g/mol. The molecule has 0 unspecified atom stereocenters. The molecule has 204 valence electrons. The Hall–Kier alpha value is -4.45. The molecular formula is C31H30ClN5O3. The van der Waals surface area contributed by atoms with Crippen LogP contribution in [0.2, 0.25) is 5.02 Å². The van der Waals surface area contributed by atoms with Crippen LogP contribution in [-0.4, -0.2) is 47.9 Å². The van der Waals surface area contributed by atoms with Gasteiger partial charge in [-0.1, -0.05) is 23.7 Å². The Labute approximate surface area is 241 Å². The zero-order chi connectivity index (χ0) is 30.3. The maximum atomic E-state index is 12.7. The van der Waals surface area contributed by atoms with Gasteiger partial charge < -0.3 is 19.7 Å². The highest BCUT2D eigenvalue weighted by atomic mass is 35.5. The van der Waals surface area contributed by atoms with Crippen LogP contribution in [-0.2, 0) is 17.8 Å². The molecule has 4 rings (SSSR count). The summed E-state index contributed by atoms with van der Waals surface area (Å²) in [5, 5.41) is 13.9. The Balaban J connectivity index is 1.67. The summed E-state index contributed by atoms with van der Waals surface area (Å²) >= 11 is 6.49. The first kappa shape index (κ1) is 25.8. The molecule has 0 aliphatic carbocycles. The number of benzene rings is 2. The number of fused-ring (bicyclic) bond motifs is 1. The molecule has 0 fully saturated rings. The number of ether oxygens (including phenoxy) is 2. The van der Waals surface area contributed by atoms with E-state index in [9.17, 15) is 10.1 Å². The van der Waals surface area contributed by atoms with Crippen molar-refractivity contribution in [3.05, 3.63) is 94.9 Å². The molecule has 2 aromatic heterocycles. The lowest BCUT2D eigenvalue weighted by Crippen LogP contribution is -2.11. The van der Waals surface area contributed by atoms with E-state index in [1.165, 1.54) is 24.5 Å². The van der Waals surface area contributed by atoms with Crippen LogP contribution >= 0.6 is 11.6 Å². The largest absolute Gasteiger partial charge is 0.494 e. The van der Waals surface area contributed by atoms with E-state index in [0.717, 1.165) is 0 Å². The van der Waals surface area contributed by atoms with Crippen LogP contribution in [0.3, 0.4) is 0 Å². The van der Waals surface area contributed by atoms with Crippen molar-refractivity contribution < 1.29 is 17.0 Å². The number of carbonyl (C=O) groups is 1. The Morgan fingerprint density at radius 2 is 2.02 bits per heavy atom. The molecule has 8 nitrogen and oxygen atoms in total. The zero-order valence-electron chi connectivity index (χ0n) is 24.4. The number of nitrogens with zero attached hydrogens (tertiary/aromatic N) is 4. The lowest BCUT2D eigenvalue weighted by Gasteiger charge is -2.16. The zero-order valence-corrected chi connectivity index (χ0v) is 23.2. The van der Waals surface area contributed by atoms with Gasteiger partial charge in [-0.2, -0.15) is 5.26 Å². The first-order valence-corrected chi connectivity index (χ1v) is 13.0. The number of rotatable bonds is 12. The average Bonchev–Trinajstić information content (AvgIpc) is 2.95. The smallest absolute Gasteiger partial charge is 0.159 e. The lowest BCUT2D eigenvalue weighted by molar-refractivity contribution is -0.114. The van der Waals surface area contributed by atoms with Gasteiger partial charge in [0.05, 0.1) is 36.8 Å². The molecule has 0 aliphatic heterocycles. The van der Waals surface area contributed by atoms with E-state index in [1.807, 2.05) is 38.1 Å². The fourth-order valence-corrected chi connectivity index (χ4v) is 4.11. The molecule has 0 saturated heterocycles. The van der Waals surface area contributed by atoms with Gasteiger partial charge in [0, 0.05) is 48.1 Å². The Morgan fingerprint density at radius 3 is 2.73 bits per heavy atom. The number of aromatic nitrogens is 2. The molecule has 0 spiro atoms. The van der Waals surface area contributed by atoms with Gasteiger partial charge >= 0.3 is 0 Å². The van der Waals surface area contributed by atoms with Crippen molar-refractivity contribution in [2.24, 2.45) is 0 Å². The number of carbonyl (C=O) groups excluding carboxylic acids is 1. The molecule has 9 heteroatoms. The molecule has 0 radical (unpaired) electrons. The molecule has 0 atom stereocenters. The van der Waals surface area contributed by atoms with Gasteiger partial charge in [-0.25, -0.2) is 0 Å². The summed E-state index contributed by atoms with van der Waals surface area (Å²) in [6.45, 7) is 0.717. The number of likely N-dealkylation sites (N-methyl/N-ethyl adjacent to an activating group) is 1. The van der Waals surface area contributed by atoms with E-state index in [4.69, 9.17) is 23.8 Å². The predicted molar refractivity (Wildman–Crippen MR) is 157 cm³/mol. The van der Waals surface area contributed by atoms with Crippen LogP contribution in [0.4, 0.5) is 11.4 Å². The van der Waals surface area contributed by atoms with Crippen molar-refractivity contribution in [2.45, 2.75) is 19.9 Å². The van der Waals surface area contributed by atoms with Gasteiger partial charge in [0.25, 0.3) is 0 Å². The van der Waals surface area contributed by atoms with Gasteiger partial charge in [0.1, 0.15) is 24.1 Å². The number of halogens is 1. The number of allylic oxidation sites excluding steroid dienone is 1. The van der Waals surface area contributed by atoms with Gasteiger partial charge in [-0.15, -0.1) is 0 Å². The topological polar surface area (TPSA) is 100 Å². The van der Waals surface area contributed by atoms with Gasteiger partial charge in [-0.3, -0.25) is 14.8 Å². The van der Waals surface area contributed by atoms with E-state index in [0.29, 0.717) is 46.7 Å². The van der Waals surface area contributed by atoms with Gasteiger partial charge in [0.2, 0.25) is 0 Å². The van der Waals surface area contributed by atoms with Crippen molar-refractivity contribution in [1.29, 1.82) is 5.26 Å². The number of nitrogens with one attached hydrogen (secondary N) is 1. The molecule has 2 aromatic carbocycles. The van der Waals surface area contributed by atoms with Crippen LogP contribution < -0.4 is 14.8 Å². The lowest BCUT2D eigenvalue weighted by atomic mass is 10.0. The normalized spacial score (nSPS) is 12.2. The maximum Gasteiger partial charge on any atom is 0.159 e. The highest BCUT2D eigenvalue weighted by molar-refractivity contribution is 6.32. The van der Waals surface area contributed by atoms with Crippen LogP contribution in [0.5, 0.6) is 11.5 Å². The van der Waals surface area contributed by atoms with Crippen LogP contribution in [0.25, 0.3) is 10.9 Å². The third-order valence-corrected chi connectivity index (χ3v) is 6.04. The van der Waals surface area contributed by atoms with Crippen molar-refractivity contribution in [3.63, 3.8) is 0 Å². The van der Waals surface area contributed by atoms with Crippen LogP contribution in [0.1, 0.15) is 26.5 Å². The third kappa shape index (κ3) is 7.35. The Bertz CT molecular complexity index is 1660. The van der Waals surface area contributed by atoms with E-state index >= 15 is 0 Å². The quantitative estimate of drug-likeness (QED) is 0.208. The summed E-state index contributed by atoms with van der Waals surface area (Å²) in [4.78, 5) is 23.2. The number of anilines is 2. The molecule has 0 amide bonds. The van der Waals surface area contributed by atoms with E-state index in [2.05, 4.69) is 21.4 Å². The molecule has 0 saturated carbocycles. The summed E-state index contributed by atoms with van der Waals surface area (Å²) in [5.41, 5.74) is 2.66. The fourth-order valence-electron chi connectivity index (χ4n) is 3.89. The standard InChI is InChI=1S/C31H30ClN5O3/c1-4-39-30-17-28-26(15-21(30)14-25(38)9-7-13-37(2)3)31(22(18-33)19-35-28)36-23-10-11-29(27(32)16-23)40-20-24-8-5-6-12-34-24/h5-12,15-17,19H,4,13-14,20H2,1-3H3,(H,35,36)/b9-7+/i20D2. The number of hydrogen-bond donors (Lipinski definition) is 1. The van der Waals surface area contributed by atoms with Gasteiger partial charge in [-0.05, 0) is 63.5 Å². The molecule has 1 N–H and O–H groups in total. The Morgan fingerprint density at radius 1 is 1.18 bits per heavy atom. The van der Waals surface area contributed by atoms with E-state index in [-0.39, 0.29) is 34.2 Å². The average molecular weight is 558 g/mol. The van der Waals surface area contributed by atoms with Crippen molar-refractivity contribution in [1.82, 2.24) is 14.9 Å². The summed E-state index contributed by atoms with van der Waals surface area (Å²) in [5.74, 6) is 0.598. The second kappa shape index (κ2) is 13.6. The third-order valence-electron chi connectivity index (χ3n) is 5.74. The molecule has 40 heavy (non-hydrogen) atoms. The Kier molecular flexibility index (Phi) is 8.75. The first-order chi connectivity index (χ1) is 20.1. The minimum absolute atomic E-state index is 0.0796. The maximum absolute atomic E-state index is 12.7. The van der Waals surface area contributed by atoms with Crippen molar-refractivity contribution >= 4 is 39.7 Å². The summed E-state index contributed by atoms with van der Waals surface area (Å²) < 4.78 is 27.9. The predicted octanol–water partition coefficient (Wildman–Crippen LogP) is 6.11. The van der Waals surface area contributed by atoms with Gasteiger partial charge in [0.15, 0.2) is 5.78 Å². The number of ketones is 1. The minimum Gasteiger partial charge on any atom is -0.494 e. The molecule has 0 aliphatic rings. The molecule has 0 bridgehead atoms.